The molecular weight excluding hydrogens is 352 g/mol. The molecule has 0 radical (unpaired) electrons. The predicted molar refractivity (Wildman–Crippen MR) is 59.5 cm³/mol. The predicted octanol–water partition coefficient (Wildman–Crippen LogP) is 2.66. The Morgan fingerprint density at radius 2 is 2.18 bits per heavy atom. The molecule has 0 spiro atoms. The average molecular weight is 358 g/mol. The highest BCUT2D eigenvalue weighted by Crippen LogP contribution is 2.35. The maximum absolute atomic E-state index is 12.1. The highest BCUT2D eigenvalue weighted by molar-refractivity contribution is 14.1. The minimum atomic E-state index is -4.81. The van der Waals surface area contributed by atoms with E-state index in [-0.39, 0.29) is 15.9 Å². The molecule has 0 amide bonds. The maximum Gasteiger partial charge on any atom is 0.573 e. The number of ether oxygens (including phenoxy) is 2. The molecule has 0 aliphatic heterocycles. The summed E-state index contributed by atoms with van der Waals surface area (Å²) in [7, 11) is 1.18. The van der Waals surface area contributed by atoms with E-state index in [9.17, 15) is 13.2 Å². The molecule has 1 aromatic heterocycles. The van der Waals surface area contributed by atoms with E-state index in [1.54, 1.807) is 22.6 Å². The largest absolute Gasteiger partial charge is 0.573 e. The molecule has 0 N–H and O–H groups in total. The van der Waals surface area contributed by atoms with Crippen molar-refractivity contribution in [2.75, 3.05) is 7.11 Å². The van der Waals surface area contributed by atoms with Crippen molar-refractivity contribution in [3.05, 3.63) is 15.3 Å². The number of aromatic nitrogens is 1. The van der Waals surface area contributed by atoms with E-state index < -0.39 is 12.1 Å². The van der Waals surface area contributed by atoms with Gasteiger partial charge in [0.2, 0.25) is 5.75 Å². The van der Waals surface area contributed by atoms with Gasteiger partial charge in [0.25, 0.3) is 5.88 Å². The smallest absolute Gasteiger partial charge is 0.478 e. The van der Waals surface area contributed by atoms with Crippen molar-refractivity contribution in [2.45, 2.75) is 12.8 Å². The molecule has 0 aliphatic carbocycles. The SMILES string of the molecule is COc1nc(CC#N)cc(I)c1OC(F)(F)F. The van der Waals surface area contributed by atoms with Crippen molar-refractivity contribution in [1.29, 1.82) is 5.26 Å². The van der Waals surface area contributed by atoms with Crippen molar-refractivity contribution in [3.63, 3.8) is 0 Å². The maximum atomic E-state index is 12.1. The first kappa shape index (κ1) is 13.8. The Morgan fingerprint density at radius 1 is 1.53 bits per heavy atom. The van der Waals surface area contributed by atoms with Crippen molar-refractivity contribution in [3.8, 4) is 17.7 Å². The number of hydrogen-bond acceptors (Lipinski definition) is 4. The van der Waals surface area contributed by atoms with Gasteiger partial charge in [0.1, 0.15) is 0 Å². The fourth-order valence-corrected chi connectivity index (χ4v) is 1.75. The lowest BCUT2D eigenvalue weighted by Crippen LogP contribution is -2.19. The number of methoxy groups -OCH3 is 1. The number of hydrogen-bond donors (Lipinski definition) is 0. The fourth-order valence-electron chi connectivity index (χ4n) is 1.05. The van der Waals surface area contributed by atoms with Gasteiger partial charge < -0.3 is 9.47 Å². The highest BCUT2D eigenvalue weighted by atomic mass is 127. The average Bonchev–Trinajstić information content (AvgIpc) is 2.20. The van der Waals surface area contributed by atoms with E-state index in [1.165, 1.54) is 13.2 Å². The number of pyridine rings is 1. The van der Waals surface area contributed by atoms with E-state index >= 15 is 0 Å². The Hall–Kier alpha value is -1.24. The summed E-state index contributed by atoms with van der Waals surface area (Å²) in [6, 6.07) is 3.19. The first-order valence-corrected chi connectivity index (χ1v) is 5.31. The summed E-state index contributed by atoms with van der Waals surface area (Å²) in [5.74, 6) is -0.790. The third-order valence-electron chi connectivity index (χ3n) is 1.62. The topological polar surface area (TPSA) is 55.1 Å². The standard InChI is InChI=1S/C9H6F3IN2O2/c1-16-8-7(17-9(10,11)12)6(13)4-5(15-8)2-3-14/h4H,2H2,1H3. The molecule has 1 rings (SSSR count). The third kappa shape index (κ3) is 3.92. The zero-order valence-electron chi connectivity index (χ0n) is 8.51. The lowest BCUT2D eigenvalue weighted by atomic mass is 10.3. The van der Waals surface area contributed by atoms with Crippen molar-refractivity contribution in [1.82, 2.24) is 4.98 Å². The quantitative estimate of drug-likeness (QED) is 0.780. The molecule has 0 atom stereocenters. The van der Waals surface area contributed by atoms with Crippen molar-refractivity contribution >= 4 is 22.6 Å². The van der Waals surface area contributed by atoms with E-state index in [1.807, 2.05) is 6.07 Å². The number of alkyl halides is 3. The summed E-state index contributed by atoms with van der Waals surface area (Å²) in [5, 5.41) is 8.49. The van der Waals surface area contributed by atoms with Crippen molar-refractivity contribution < 1.29 is 22.6 Å². The molecule has 92 valence electrons. The summed E-state index contributed by atoms with van der Waals surface area (Å²) in [6.45, 7) is 0. The van der Waals surface area contributed by atoms with Gasteiger partial charge in [0.15, 0.2) is 0 Å². The second-order valence-electron chi connectivity index (χ2n) is 2.82. The third-order valence-corrected chi connectivity index (χ3v) is 2.42. The van der Waals surface area contributed by atoms with Crippen LogP contribution in [-0.4, -0.2) is 18.5 Å². The molecule has 1 aromatic rings. The highest BCUT2D eigenvalue weighted by Gasteiger charge is 2.34. The number of rotatable bonds is 3. The molecule has 17 heavy (non-hydrogen) atoms. The summed E-state index contributed by atoms with van der Waals surface area (Å²) in [6.07, 6.45) is -4.83. The molecule has 0 aromatic carbocycles. The zero-order valence-corrected chi connectivity index (χ0v) is 10.7. The van der Waals surface area contributed by atoms with Gasteiger partial charge in [0, 0.05) is 0 Å². The zero-order chi connectivity index (χ0) is 13.1. The van der Waals surface area contributed by atoms with E-state index in [0.29, 0.717) is 5.69 Å². The van der Waals surface area contributed by atoms with Gasteiger partial charge in [-0.2, -0.15) is 5.26 Å². The van der Waals surface area contributed by atoms with Crippen LogP contribution in [0, 0.1) is 14.9 Å². The van der Waals surface area contributed by atoms with Gasteiger partial charge in [0.05, 0.1) is 28.9 Å². The first-order valence-electron chi connectivity index (χ1n) is 4.23. The van der Waals surface area contributed by atoms with E-state index in [2.05, 4.69) is 9.72 Å². The monoisotopic (exact) mass is 358 g/mol. The number of nitrogens with zero attached hydrogens (tertiary/aromatic N) is 2. The van der Waals surface area contributed by atoms with Crippen LogP contribution in [0.4, 0.5) is 13.2 Å². The van der Waals surface area contributed by atoms with Gasteiger partial charge in [-0.15, -0.1) is 13.2 Å². The molecule has 0 aliphatic rings. The Kier molecular flexibility index (Phi) is 4.39. The molecule has 0 saturated heterocycles. The Balaban J connectivity index is 3.17. The van der Waals surface area contributed by atoms with Crippen LogP contribution in [-0.2, 0) is 6.42 Å². The molecule has 0 saturated carbocycles. The minimum Gasteiger partial charge on any atom is -0.478 e. The van der Waals surface area contributed by atoms with Gasteiger partial charge in [-0.25, -0.2) is 4.98 Å². The molecule has 0 fully saturated rings. The molecule has 0 bridgehead atoms. The number of halogens is 4. The lowest BCUT2D eigenvalue weighted by molar-refractivity contribution is -0.275. The van der Waals surface area contributed by atoms with Gasteiger partial charge in [-0.05, 0) is 28.7 Å². The van der Waals surface area contributed by atoms with Crippen LogP contribution in [0.3, 0.4) is 0 Å². The van der Waals surface area contributed by atoms with Crippen LogP contribution in [0.25, 0.3) is 0 Å². The molecule has 0 unspecified atom stereocenters. The van der Waals surface area contributed by atoms with Gasteiger partial charge in [-0.3, -0.25) is 0 Å². The Morgan fingerprint density at radius 3 is 2.65 bits per heavy atom. The van der Waals surface area contributed by atoms with Gasteiger partial charge in [-0.1, -0.05) is 0 Å². The fraction of sp³-hybridized carbons (Fsp3) is 0.333. The Bertz CT molecular complexity index is 457. The van der Waals surface area contributed by atoms with E-state index in [4.69, 9.17) is 10.00 Å². The van der Waals surface area contributed by atoms with E-state index in [0.717, 1.165) is 0 Å². The first-order chi connectivity index (χ1) is 7.87. The Labute approximate surface area is 108 Å². The molecule has 8 heteroatoms. The molecule has 4 nitrogen and oxygen atoms in total. The normalized spacial score (nSPS) is 10.8. The summed E-state index contributed by atoms with van der Waals surface area (Å²) >= 11 is 1.66. The van der Waals surface area contributed by atoms with Crippen LogP contribution in [0.2, 0.25) is 0 Å². The van der Waals surface area contributed by atoms with Crippen LogP contribution < -0.4 is 9.47 Å². The second-order valence-corrected chi connectivity index (χ2v) is 3.98. The van der Waals surface area contributed by atoms with Crippen molar-refractivity contribution in [2.24, 2.45) is 0 Å². The molecular formula is C9H6F3IN2O2. The summed E-state index contributed by atoms with van der Waals surface area (Å²) in [5.41, 5.74) is 0.322. The summed E-state index contributed by atoms with van der Waals surface area (Å²) in [4.78, 5) is 3.75. The van der Waals surface area contributed by atoms with Crippen LogP contribution in [0.15, 0.2) is 6.07 Å². The van der Waals surface area contributed by atoms with Crippen LogP contribution >= 0.6 is 22.6 Å². The number of nitriles is 1. The van der Waals surface area contributed by atoms with Gasteiger partial charge >= 0.3 is 6.36 Å². The molecule has 1 heterocycles. The summed E-state index contributed by atoms with van der Waals surface area (Å²) < 4.78 is 45.1. The minimum absolute atomic E-state index is 0.0152. The van der Waals surface area contributed by atoms with Crippen LogP contribution in [0.5, 0.6) is 11.6 Å². The second kappa shape index (κ2) is 5.39. The lowest BCUT2D eigenvalue weighted by Gasteiger charge is -2.13. The van der Waals surface area contributed by atoms with Crippen LogP contribution in [0.1, 0.15) is 5.69 Å².